The molecule has 1 unspecified atom stereocenters. The number of halogens is 1. The van der Waals surface area contributed by atoms with Crippen LogP contribution in [0, 0.1) is 10.1 Å². The third-order valence-corrected chi connectivity index (χ3v) is 4.19. The van der Waals surface area contributed by atoms with E-state index in [1.165, 1.54) is 6.42 Å². The van der Waals surface area contributed by atoms with Gasteiger partial charge in [-0.25, -0.2) is 0 Å². The van der Waals surface area contributed by atoms with Crippen molar-refractivity contribution in [2.75, 3.05) is 11.4 Å². The molecular weight excluding hydrogens is 308 g/mol. The molecule has 1 aliphatic heterocycles. The van der Waals surface area contributed by atoms with Crippen molar-refractivity contribution in [3.8, 4) is 0 Å². The number of nitro groups is 1. The average Bonchev–Trinajstić information content (AvgIpc) is 2.40. The summed E-state index contributed by atoms with van der Waals surface area (Å²) in [7, 11) is 0. The third-order valence-electron chi connectivity index (χ3n) is 3.69. The van der Waals surface area contributed by atoms with Crippen molar-refractivity contribution in [3.63, 3.8) is 0 Å². The van der Waals surface area contributed by atoms with Crippen LogP contribution in [-0.4, -0.2) is 17.5 Å². The summed E-state index contributed by atoms with van der Waals surface area (Å²) in [6.07, 6.45) is 5.71. The first-order valence-electron chi connectivity index (χ1n) is 6.84. The number of nitro benzene ring substituents is 1. The van der Waals surface area contributed by atoms with Crippen molar-refractivity contribution in [3.05, 3.63) is 32.8 Å². The van der Waals surface area contributed by atoms with Gasteiger partial charge in [-0.3, -0.25) is 10.1 Å². The summed E-state index contributed by atoms with van der Waals surface area (Å²) in [5.74, 6) is 0. The van der Waals surface area contributed by atoms with E-state index in [0.29, 0.717) is 6.04 Å². The number of hydrogen-bond donors (Lipinski definition) is 0. The van der Waals surface area contributed by atoms with Gasteiger partial charge in [-0.2, -0.15) is 0 Å². The van der Waals surface area contributed by atoms with Crippen LogP contribution in [0.1, 0.15) is 39.0 Å². The molecule has 1 saturated heterocycles. The Morgan fingerprint density at radius 1 is 1.47 bits per heavy atom. The van der Waals surface area contributed by atoms with Gasteiger partial charge in [0.2, 0.25) is 0 Å². The Labute approximate surface area is 122 Å². The molecule has 1 fully saturated rings. The molecule has 0 bridgehead atoms. The van der Waals surface area contributed by atoms with E-state index >= 15 is 0 Å². The second-order valence-electron chi connectivity index (χ2n) is 5.02. The highest BCUT2D eigenvalue weighted by Gasteiger charge is 2.27. The molecule has 0 aliphatic carbocycles. The number of piperidine rings is 1. The van der Waals surface area contributed by atoms with Gasteiger partial charge in [0.1, 0.15) is 5.69 Å². The largest absolute Gasteiger partial charge is 0.363 e. The quantitative estimate of drug-likeness (QED) is 0.603. The van der Waals surface area contributed by atoms with Crippen molar-refractivity contribution in [2.45, 2.75) is 45.1 Å². The number of anilines is 1. The Hall–Kier alpha value is -1.10. The van der Waals surface area contributed by atoms with Crippen LogP contribution >= 0.6 is 15.9 Å². The Balaban J connectivity index is 2.35. The standard InChI is InChI=1S/C14H19BrN2O2/c1-2-5-12-6-3-4-9-16(12)13-8-7-11(15)10-14(13)17(18)19/h7-8,10,12H,2-6,9H2,1H3. The molecule has 0 radical (unpaired) electrons. The highest BCUT2D eigenvalue weighted by atomic mass is 79.9. The fourth-order valence-electron chi connectivity index (χ4n) is 2.84. The number of benzene rings is 1. The van der Waals surface area contributed by atoms with E-state index in [2.05, 4.69) is 27.8 Å². The summed E-state index contributed by atoms with van der Waals surface area (Å²) >= 11 is 3.31. The van der Waals surface area contributed by atoms with Crippen LogP contribution < -0.4 is 4.90 Å². The minimum Gasteiger partial charge on any atom is -0.363 e. The van der Waals surface area contributed by atoms with Crippen LogP contribution in [0.5, 0.6) is 0 Å². The second-order valence-corrected chi connectivity index (χ2v) is 5.94. The summed E-state index contributed by atoms with van der Waals surface area (Å²) in [6, 6.07) is 5.81. The minimum atomic E-state index is -0.280. The predicted molar refractivity (Wildman–Crippen MR) is 80.7 cm³/mol. The molecule has 1 aromatic rings. The highest BCUT2D eigenvalue weighted by molar-refractivity contribution is 9.10. The molecule has 0 N–H and O–H groups in total. The Bertz CT molecular complexity index is 463. The zero-order valence-electron chi connectivity index (χ0n) is 11.1. The number of nitrogens with zero attached hydrogens (tertiary/aromatic N) is 2. The maximum atomic E-state index is 11.2. The van der Waals surface area contributed by atoms with E-state index in [1.54, 1.807) is 6.07 Å². The smallest absolute Gasteiger partial charge is 0.293 e. The predicted octanol–water partition coefficient (Wildman–Crippen LogP) is 4.52. The summed E-state index contributed by atoms with van der Waals surface area (Å²) in [6.45, 7) is 3.09. The van der Waals surface area contributed by atoms with Gasteiger partial charge in [-0.15, -0.1) is 0 Å². The summed E-state index contributed by atoms with van der Waals surface area (Å²) in [4.78, 5) is 13.2. The lowest BCUT2D eigenvalue weighted by Crippen LogP contribution is -2.39. The molecule has 0 spiro atoms. The normalized spacial score (nSPS) is 19.5. The van der Waals surface area contributed by atoms with Gasteiger partial charge in [-0.05, 0) is 37.8 Å². The van der Waals surface area contributed by atoms with E-state index < -0.39 is 0 Å². The van der Waals surface area contributed by atoms with E-state index in [4.69, 9.17) is 0 Å². The van der Waals surface area contributed by atoms with Gasteiger partial charge in [-0.1, -0.05) is 29.3 Å². The molecule has 104 valence electrons. The third kappa shape index (κ3) is 3.26. The van der Waals surface area contributed by atoms with Crippen molar-refractivity contribution in [2.24, 2.45) is 0 Å². The van der Waals surface area contributed by atoms with E-state index in [-0.39, 0.29) is 10.6 Å². The van der Waals surface area contributed by atoms with Crippen molar-refractivity contribution < 1.29 is 4.92 Å². The van der Waals surface area contributed by atoms with Crippen molar-refractivity contribution in [1.29, 1.82) is 0 Å². The van der Waals surface area contributed by atoms with Crippen LogP contribution in [0.4, 0.5) is 11.4 Å². The van der Waals surface area contributed by atoms with E-state index in [9.17, 15) is 10.1 Å². The fraction of sp³-hybridized carbons (Fsp3) is 0.571. The van der Waals surface area contributed by atoms with E-state index in [0.717, 1.165) is 42.4 Å². The monoisotopic (exact) mass is 326 g/mol. The molecule has 0 aromatic heterocycles. The maximum Gasteiger partial charge on any atom is 0.293 e. The molecule has 0 saturated carbocycles. The zero-order chi connectivity index (χ0) is 13.8. The van der Waals surface area contributed by atoms with Gasteiger partial charge >= 0.3 is 0 Å². The molecule has 1 aliphatic rings. The highest BCUT2D eigenvalue weighted by Crippen LogP contribution is 2.35. The molecular formula is C14H19BrN2O2. The van der Waals surface area contributed by atoms with Crippen molar-refractivity contribution >= 4 is 27.3 Å². The molecule has 1 atom stereocenters. The summed E-state index contributed by atoms with van der Waals surface area (Å²) in [5.41, 5.74) is 0.976. The molecule has 0 amide bonds. The summed E-state index contributed by atoms with van der Waals surface area (Å²) in [5, 5.41) is 11.2. The van der Waals surface area contributed by atoms with Gasteiger partial charge in [0.05, 0.1) is 4.92 Å². The molecule has 5 heteroatoms. The van der Waals surface area contributed by atoms with Crippen LogP contribution in [0.3, 0.4) is 0 Å². The zero-order valence-corrected chi connectivity index (χ0v) is 12.7. The molecule has 4 nitrogen and oxygen atoms in total. The lowest BCUT2D eigenvalue weighted by molar-refractivity contribution is -0.384. The van der Waals surface area contributed by atoms with Crippen LogP contribution in [-0.2, 0) is 0 Å². The van der Waals surface area contributed by atoms with Crippen LogP contribution in [0.25, 0.3) is 0 Å². The summed E-state index contributed by atoms with van der Waals surface area (Å²) < 4.78 is 0.756. The second kappa shape index (κ2) is 6.37. The van der Waals surface area contributed by atoms with Gasteiger partial charge < -0.3 is 4.90 Å². The Kier molecular flexibility index (Phi) is 4.80. The number of rotatable bonds is 4. The SMILES string of the molecule is CCCC1CCCCN1c1ccc(Br)cc1[N+](=O)[O-]. The lowest BCUT2D eigenvalue weighted by Gasteiger charge is -2.37. The van der Waals surface area contributed by atoms with Crippen LogP contribution in [0.2, 0.25) is 0 Å². The Morgan fingerprint density at radius 3 is 2.95 bits per heavy atom. The molecule has 2 rings (SSSR count). The maximum absolute atomic E-state index is 11.2. The first kappa shape index (κ1) is 14.3. The minimum absolute atomic E-state index is 0.206. The molecule has 1 heterocycles. The number of hydrogen-bond acceptors (Lipinski definition) is 3. The molecule has 1 aromatic carbocycles. The van der Waals surface area contributed by atoms with Gasteiger partial charge in [0.15, 0.2) is 0 Å². The van der Waals surface area contributed by atoms with Crippen LogP contribution in [0.15, 0.2) is 22.7 Å². The Morgan fingerprint density at radius 2 is 2.26 bits per heavy atom. The first-order valence-corrected chi connectivity index (χ1v) is 7.63. The van der Waals surface area contributed by atoms with Crippen molar-refractivity contribution in [1.82, 2.24) is 0 Å². The van der Waals surface area contributed by atoms with Gasteiger partial charge in [0, 0.05) is 23.1 Å². The lowest BCUT2D eigenvalue weighted by atomic mass is 9.97. The van der Waals surface area contributed by atoms with Gasteiger partial charge in [0.25, 0.3) is 5.69 Å². The topological polar surface area (TPSA) is 46.4 Å². The fourth-order valence-corrected chi connectivity index (χ4v) is 3.19. The average molecular weight is 327 g/mol. The first-order chi connectivity index (χ1) is 9.13. The van der Waals surface area contributed by atoms with E-state index in [1.807, 2.05) is 12.1 Å². The molecule has 19 heavy (non-hydrogen) atoms.